The first-order valence-electron chi connectivity index (χ1n) is 25.4. The van der Waals surface area contributed by atoms with Gasteiger partial charge in [-0.1, -0.05) is 143 Å². The quantitative estimate of drug-likeness (QED) is 0.0773. The molecule has 6 nitrogen and oxygen atoms in total. The number of rotatable bonds is 24. The average molecular weight is 885 g/mol. The second kappa shape index (κ2) is 20.0. The lowest BCUT2D eigenvalue weighted by molar-refractivity contribution is 0.00578. The van der Waals surface area contributed by atoms with E-state index in [-0.39, 0.29) is 0 Å². The van der Waals surface area contributed by atoms with E-state index >= 15 is 0 Å². The minimum absolute atomic E-state index is 0.445. The smallest absolute Gasteiger partial charge is 0.497 e. The van der Waals surface area contributed by atoms with Crippen molar-refractivity contribution in [2.75, 3.05) is 14.2 Å². The topological polar surface area (TPSA) is 55.4 Å². The molecule has 2 aromatic rings. The maximum absolute atomic E-state index is 6.88. The fraction of sp³-hybridized carbons (Fsp3) is 0.731. The summed E-state index contributed by atoms with van der Waals surface area (Å²) in [5.74, 6) is 1.81. The molecule has 62 heavy (non-hydrogen) atoms. The van der Waals surface area contributed by atoms with Crippen molar-refractivity contribution < 1.29 is 28.1 Å². The Bertz CT molecular complexity index is 1700. The van der Waals surface area contributed by atoms with Crippen molar-refractivity contribution in [2.45, 2.75) is 232 Å². The van der Waals surface area contributed by atoms with E-state index in [1.54, 1.807) is 20.8 Å². The molecule has 0 aromatic heterocycles. The third kappa shape index (κ3) is 9.15. The van der Waals surface area contributed by atoms with Crippen molar-refractivity contribution in [3.63, 3.8) is 0 Å². The van der Waals surface area contributed by atoms with E-state index in [9.17, 15) is 0 Å². The zero-order chi connectivity index (χ0) is 45.1. The molecule has 344 valence electrons. The summed E-state index contributed by atoms with van der Waals surface area (Å²) < 4.78 is 40.5. The zero-order valence-corrected chi connectivity index (χ0v) is 44.1. The van der Waals surface area contributed by atoms with Gasteiger partial charge in [-0.25, -0.2) is 0 Å². The highest BCUT2D eigenvalue weighted by Gasteiger charge is 2.60. The lowest BCUT2D eigenvalue weighted by Crippen LogP contribution is -2.53. The summed E-state index contributed by atoms with van der Waals surface area (Å²) in [6.07, 6.45) is 20.3. The molecular formula is C52H86B2O6Si2. The average Bonchev–Trinajstić information content (AvgIpc) is 3.83. The van der Waals surface area contributed by atoms with Gasteiger partial charge in [0, 0.05) is 10.9 Å². The van der Waals surface area contributed by atoms with Crippen molar-refractivity contribution in [1.82, 2.24) is 0 Å². The lowest BCUT2D eigenvalue weighted by atomic mass is 9.77. The van der Waals surface area contributed by atoms with Gasteiger partial charge >= 0.3 is 14.2 Å². The first-order chi connectivity index (χ1) is 29.4. The first kappa shape index (κ1) is 49.6. The van der Waals surface area contributed by atoms with Crippen molar-refractivity contribution in [3.05, 3.63) is 35.4 Å². The molecule has 0 bridgehead atoms. The number of hydrogen-bond acceptors (Lipinski definition) is 6. The Morgan fingerprint density at radius 1 is 0.419 bits per heavy atom. The van der Waals surface area contributed by atoms with Crippen LogP contribution >= 0.6 is 0 Å². The van der Waals surface area contributed by atoms with E-state index in [1.165, 1.54) is 138 Å². The molecule has 0 unspecified atom stereocenters. The number of benzene rings is 2. The second-order valence-electron chi connectivity index (χ2n) is 21.6. The SMILES string of the molecule is CCCCCC[Si]1(CCCCCC)C2=C(c3cc(OC)c(B4OC(C)(C)C(C)(C)O4)cc31)[Si](CCCCCC)(CCCCCC)c1cc(B3OC(C)(C)C(C)(C)O3)c(OC)cc12. The van der Waals surface area contributed by atoms with E-state index < -0.39 is 52.8 Å². The van der Waals surface area contributed by atoms with Gasteiger partial charge in [-0.15, -0.1) is 0 Å². The fourth-order valence-electron chi connectivity index (χ4n) is 11.3. The van der Waals surface area contributed by atoms with Crippen LogP contribution in [0.2, 0.25) is 24.2 Å². The predicted octanol–water partition coefficient (Wildman–Crippen LogP) is 12.0. The summed E-state index contributed by atoms with van der Waals surface area (Å²) in [7, 11) is -2.11. The zero-order valence-electron chi connectivity index (χ0n) is 42.1. The van der Waals surface area contributed by atoms with E-state index in [1.807, 2.05) is 14.2 Å². The Balaban J connectivity index is 1.68. The molecule has 4 heterocycles. The molecule has 2 saturated heterocycles. The molecule has 10 heteroatoms. The number of unbranched alkanes of at least 4 members (excludes halogenated alkanes) is 12. The summed E-state index contributed by atoms with van der Waals surface area (Å²) in [5, 5.41) is 6.80. The van der Waals surface area contributed by atoms with Crippen molar-refractivity contribution in [3.8, 4) is 11.5 Å². The lowest BCUT2D eigenvalue weighted by Gasteiger charge is -2.36. The fourth-order valence-corrected chi connectivity index (χ4v) is 24.5. The molecule has 0 spiro atoms. The van der Waals surface area contributed by atoms with Gasteiger partial charge < -0.3 is 28.1 Å². The highest BCUT2D eigenvalue weighted by atomic mass is 28.3. The molecular weight excluding hydrogens is 798 g/mol. The van der Waals surface area contributed by atoms with E-state index in [4.69, 9.17) is 28.1 Å². The Morgan fingerprint density at radius 3 is 0.935 bits per heavy atom. The number of fused-ring (bicyclic) bond motifs is 4. The Labute approximate surface area is 382 Å². The third-order valence-electron chi connectivity index (χ3n) is 16.4. The van der Waals surface area contributed by atoms with Gasteiger partial charge in [-0.05, 0) is 124 Å². The van der Waals surface area contributed by atoms with Gasteiger partial charge in [0.2, 0.25) is 0 Å². The van der Waals surface area contributed by atoms with Crippen LogP contribution in [0.4, 0.5) is 0 Å². The van der Waals surface area contributed by atoms with Gasteiger partial charge in [-0.3, -0.25) is 0 Å². The van der Waals surface area contributed by atoms with Crippen molar-refractivity contribution in [1.29, 1.82) is 0 Å². The van der Waals surface area contributed by atoms with Gasteiger partial charge in [0.25, 0.3) is 0 Å². The van der Waals surface area contributed by atoms with E-state index in [0.29, 0.717) is 0 Å². The number of hydrogen-bond donors (Lipinski definition) is 0. The van der Waals surface area contributed by atoms with Crippen molar-refractivity contribution in [2.24, 2.45) is 0 Å². The maximum atomic E-state index is 6.88. The Kier molecular flexibility index (Phi) is 16.0. The van der Waals surface area contributed by atoms with E-state index in [0.717, 1.165) is 22.4 Å². The summed E-state index contributed by atoms with van der Waals surface area (Å²) in [6, 6.07) is 15.3. The normalized spacial score (nSPS) is 20.8. The van der Waals surface area contributed by atoms with Crippen LogP contribution < -0.4 is 30.8 Å². The molecule has 0 amide bonds. The third-order valence-corrected chi connectivity index (χ3v) is 27.3. The van der Waals surface area contributed by atoms with Gasteiger partial charge in [0.15, 0.2) is 0 Å². The summed E-state index contributed by atoms with van der Waals surface area (Å²) in [5.41, 5.74) is 3.38. The molecule has 4 aliphatic rings. The number of ether oxygens (including phenoxy) is 2. The summed E-state index contributed by atoms with van der Waals surface area (Å²) in [4.78, 5) is 0. The molecule has 0 atom stereocenters. The summed E-state index contributed by atoms with van der Waals surface area (Å²) in [6.45, 7) is 26.7. The molecule has 2 aromatic carbocycles. The number of methoxy groups -OCH3 is 2. The molecule has 0 radical (unpaired) electrons. The molecule has 0 aliphatic carbocycles. The largest absolute Gasteiger partial charge is 0.498 e. The monoisotopic (exact) mass is 885 g/mol. The minimum Gasteiger partial charge on any atom is -0.497 e. The van der Waals surface area contributed by atoms with Crippen LogP contribution in [0.5, 0.6) is 11.5 Å². The highest BCUT2D eigenvalue weighted by Crippen LogP contribution is 2.56. The summed E-state index contributed by atoms with van der Waals surface area (Å²) >= 11 is 0. The maximum Gasteiger partial charge on any atom is 0.498 e. The first-order valence-corrected chi connectivity index (χ1v) is 30.2. The van der Waals surface area contributed by atoms with Gasteiger partial charge in [-0.2, -0.15) is 0 Å². The molecule has 0 N–H and O–H groups in total. The van der Waals surface area contributed by atoms with Crippen LogP contribution in [0.1, 0.15) is 197 Å². The minimum atomic E-state index is -2.42. The molecule has 6 rings (SSSR count). The second-order valence-corrected chi connectivity index (χ2v) is 30.0. The van der Waals surface area contributed by atoms with Crippen LogP contribution in [0.25, 0.3) is 10.4 Å². The van der Waals surface area contributed by atoms with Crippen LogP contribution in [-0.4, -0.2) is 67.0 Å². The van der Waals surface area contributed by atoms with E-state index in [2.05, 4.69) is 107 Å². The molecule has 4 aliphatic heterocycles. The predicted molar refractivity (Wildman–Crippen MR) is 271 cm³/mol. The molecule has 0 saturated carbocycles. The van der Waals surface area contributed by atoms with Crippen molar-refractivity contribution >= 4 is 62.1 Å². The van der Waals surface area contributed by atoms with Crippen LogP contribution in [0.15, 0.2) is 24.3 Å². The van der Waals surface area contributed by atoms with Gasteiger partial charge in [0.1, 0.15) is 27.6 Å². The Morgan fingerprint density at radius 2 is 0.694 bits per heavy atom. The Hall–Kier alpha value is -1.82. The highest BCUT2D eigenvalue weighted by molar-refractivity contribution is 7.21. The molecule has 2 fully saturated rings. The van der Waals surface area contributed by atoms with Crippen LogP contribution in [0, 0.1) is 0 Å². The standard InChI is InChI=1S/C52H86B2O6Si2/c1-15-19-23-27-31-61(32-28-24-20-16-2)45-37-41(53-57-49(5,6)50(7,8)58-53)43(55-13)35-39(45)48-47(61)40-36-44(56-14)42(54-59-51(9,10)52(11,12)60-54)38-46(40)62(48,33-29-25-21-17-3)34-30-26-22-18-4/h35-38H,15-34H2,1-14H3. The van der Waals surface area contributed by atoms with Gasteiger partial charge in [0.05, 0.1) is 36.6 Å². The van der Waals surface area contributed by atoms with Crippen LogP contribution in [0.3, 0.4) is 0 Å². The van der Waals surface area contributed by atoms with Crippen LogP contribution in [-0.2, 0) is 18.6 Å².